The van der Waals surface area contributed by atoms with Crippen LogP contribution < -0.4 is 9.80 Å². The van der Waals surface area contributed by atoms with Crippen molar-refractivity contribution in [2.75, 3.05) is 49.6 Å². The highest BCUT2D eigenvalue weighted by molar-refractivity contribution is 5.94. The first kappa shape index (κ1) is 18.4. The molecule has 1 fully saturated rings. The van der Waals surface area contributed by atoms with Gasteiger partial charge in [0.25, 0.3) is 5.78 Å². The van der Waals surface area contributed by atoms with Crippen molar-refractivity contribution in [1.82, 2.24) is 24.5 Å². The lowest BCUT2D eigenvalue weighted by molar-refractivity contribution is -0.119. The zero-order valence-corrected chi connectivity index (χ0v) is 16.3. The number of likely N-dealkylation sites (N-methyl/N-ethyl adjacent to an activating group) is 1. The van der Waals surface area contributed by atoms with Crippen molar-refractivity contribution in [1.29, 1.82) is 0 Å². The third-order valence-electron chi connectivity index (χ3n) is 5.22. The van der Waals surface area contributed by atoms with E-state index in [9.17, 15) is 4.79 Å². The molecule has 2 aromatic heterocycles. The predicted octanol–water partition coefficient (Wildman–Crippen LogP) is 1.47. The molecule has 1 aliphatic heterocycles. The van der Waals surface area contributed by atoms with Crippen molar-refractivity contribution >= 4 is 23.2 Å². The lowest BCUT2D eigenvalue weighted by Crippen LogP contribution is -2.50. The Morgan fingerprint density at radius 2 is 1.89 bits per heavy atom. The number of fused-ring (bicyclic) bond motifs is 1. The zero-order chi connectivity index (χ0) is 19.5. The lowest BCUT2D eigenvalue weighted by Gasteiger charge is -2.36. The summed E-state index contributed by atoms with van der Waals surface area (Å²) in [5.41, 5.74) is 1.93. The lowest BCUT2D eigenvalue weighted by atomic mass is 10.2. The van der Waals surface area contributed by atoms with Crippen LogP contribution in [0.5, 0.6) is 0 Å². The first-order valence-corrected chi connectivity index (χ1v) is 9.64. The minimum atomic E-state index is 0.107. The van der Waals surface area contributed by atoms with E-state index in [0.29, 0.717) is 12.3 Å². The molecule has 0 atom stereocenters. The summed E-state index contributed by atoms with van der Waals surface area (Å²) in [5.74, 6) is 1.76. The summed E-state index contributed by atoms with van der Waals surface area (Å²) < 4.78 is 1.79. The van der Waals surface area contributed by atoms with Crippen LogP contribution in [-0.4, -0.2) is 70.2 Å². The predicted molar refractivity (Wildman–Crippen MR) is 109 cm³/mol. The van der Waals surface area contributed by atoms with Gasteiger partial charge in [-0.25, -0.2) is 4.98 Å². The van der Waals surface area contributed by atoms with Crippen molar-refractivity contribution < 1.29 is 4.79 Å². The SMILES string of the molecule is CCc1cc(N2CCN(CC(=O)N(C)c3ccccc3)CC2)n2ncnc2n1. The van der Waals surface area contributed by atoms with E-state index in [4.69, 9.17) is 0 Å². The molecule has 146 valence electrons. The minimum absolute atomic E-state index is 0.107. The van der Waals surface area contributed by atoms with Crippen molar-refractivity contribution in [2.24, 2.45) is 0 Å². The van der Waals surface area contributed by atoms with Crippen LogP contribution in [0.4, 0.5) is 11.5 Å². The maximum absolute atomic E-state index is 12.6. The number of amides is 1. The summed E-state index contributed by atoms with van der Waals surface area (Å²) in [6, 6.07) is 11.8. The highest BCUT2D eigenvalue weighted by Gasteiger charge is 2.23. The standard InChI is InChI=1S/C20H25N7O/c1-3-16-13-18(27-20(23-16)21-15-22-27)26-11-9-25(10-12-26)14-19(28)24(2)17-7-5-4-6-8-17/h4-8,13,15H,3,9-12,14H2,1-2H3. The molecule has 1 aliphatic rings. The van der Waals surface area contributed by atoms with Crippen molar-refractivity contribution in [3.8, 4) is 0 Å². The van der Waals surface area contributed by atoms with Gasteiger partial charge in [-0.15, -0.1) is 0 Å². The molecule has 1 aromatic carbocycles. The molecule has 3 aromatic rings. The summed E-state index contributed by atoms with van der Waals surface area (Å²) in [5, 5.41) is 4.32. The maximum atomic E-state index is 12.6. The van der Waals surface area contributed by atoms with Gasteiger partial charge < -0.3 is 9.80 Å². The van der Waals surface area contributed by atoms with E-state index in [-0.39, 0.29) is 5.91 Å². The fraction of sp³-hybridized carbons (Fsp3) is 0.400. The van der Waals surface area contributed by atoms with Gasteiger partial charge in [-0.2, -0.15) is 14.6 Å². The van der Waals surface area contributed by atoms with E-state index in [1.54, 1.807) is 15.7 Å². The second-order valence-electron chi connectivity index (χ2n) is 6.98. The number of para-hydroxylation sites is 1. The number of nitrogens with zero attached hydrogens (tertiary/aromatic N) is 7. The van der Waals surface area contributed by atoms with Crippen LogP contribution in [0, 0.1) is 0 Å². The van der Waals surface area contributed by atoms with E-state index < -0.39 is 0 Å². The average Bonchev–Trinajstić information content (AvgIpc) is 3.22. The highest BCUT2D eigenvalue weighted by Crippen LogP contribution is 2.19. The second-order valence-corrected chi connectivity index (χ2v) is 6.98. The minimum Gasteiger partial charge on any atom is -0.354 e. The molecule has 3 heterocycles. The Bertz CT molecular complexity index is 948. The molecule has 28 heavy (non-hydrogen) atoms. The number of aromatic nitrogens is 4. The number of hydrogen-bond acceptors (Lipinski definition) is 6. The molecule has 0 N–H and O–H groups in total. The fourth-order valence-electron chi connectivity index (χ4n) is 3.48. The summed E-state index contributed by atoms with van der Waals surface area (Å²) in [6.45, 7) is 5.85. The third kappa shape index (κ3) is 3.68. The van der Waals surface area contributed by atoms with Crippen LogP contribution in [0.15, 0.2) is 42.7 Å². The van der Waals surface area contributed by atoms with Crippen molar-refractivity contribution in [2.45, 2.75) is 13.3 Å². The topological polar surface area (TPSA) is 69.9 Å². The first-order chi connectivity index (χ1) is 13.7. The number of carbonyl (C=O) groups excluding carboxylic acids is 1. The van der Waals surface area contributed by atoms with Gasteiger partial charge in [0.2, 0.25) is 5.91 Å². The number of piperazine rings is 1. The molecular weight excluding hydrogens is 354 g/mol. The number of hydrogen-bond donors (Lipinski definition) is 0. The number of carbonyl (C=O) groups is 1. The number of benzene rings is 1. The number of rotatable bonds is 5. The number of aryl methyl sites for hydroxylation is 1. The number of anilines is 2. The van der Waals surface area contributed by atoms with Crippen LogP contribution >= 0.6 is 0 Å². The van der Waals surface area contributed by atoms with Gasteiger partial charge in [0.1, 0.15) is 12.1 Å². The smallest absolute Gasteiger partial charge is 0.254 e. The van der Waals surface area contributed by atoms with Gasteiger partial charge in [-0.3, -0.25) is 9.69 Å². The summed E-state index contributed by atoms with van der Waals surface area (Å²) in [7, 11) is 1.83. The summed E-state index contributed by atoms with van der Waals surface area (Å²) in [6.07, 6.45) is 2.40. The van der Waals surface area contributed by atoms with E-state index in [1.807, 2.05) is 37.4 Å². The van der Waals surface area contributed by atoms with Gasteiger partial charge >= 0.3 is 0 Å². The molecule has 1 saturated heterocycles. The molecule has 0 unspecified atom stereocenters. The Hall–Kier alpha value is -3.00. The van der Waals surface area contributed by atoms with Crippen molar-refractivity contribution in [3.05, 3.63) is 48.4 Å². The molecule has 0 aliphatic carbocycles. The second kappa shape index (κ2) is 7.93. The molecule has 8 nitrogen and oxygen atoms in total. The van der Waals surface area contributed by atoms with E-state index in [1.165, 1.54) is 0 Å². The van der Waals surface area contributed by atoms with Crippen LogP contribution in [0.2, 0.25) is 0 Å². The zero-order valence-electron chi connectivity index (χ0n) is 16.3. The fourth-order valence-corrected chi connectivity index (χ4v) is 3.48. The molecular formula is C20H25N7O. The van der Waals surface area contributed by atoms with Gasteiger partial charge in [0, 0.05) is 50.7 Å². The maximum Gasteiger partial charge on any atom is 0.254 e. The van der Waals surface area contributed by atoms with E-state index in [2.05, 4.69) is 37.9 Å². The van der Waals surface area contributed by atoms with Crippen LogP contribution in [0.1, 0.15) is 12.6 Å². The molecule has 1 amide bonds. The van der Waals surface area contributed by atoms with Crippen LogP contribution in [0.3, 0.4) is 0 Å². The van der Waals surface area contributed by atoms with Gasteiger partial charge in [-0.05, 0) is 18.6 Å². The van der Waals surface area contributed by atoms with Crippen LogP contribution in [-0.2, 0) is 11.2 Å². The third-order valence-corrected chi connectivity index (χ3v) is 5.22. The van der Waals surface area contributed by atoms with E-state index in [0.717, 1.165) is 49.8 Å². The van der Waals surface area contributed by atoms with Crippen molar-refractivity contribution in [3.63, 3.8) is 0 Å². The Morgan fingerprint density at radius 3 is 2.61 bits per heavy atom. The normalized spacial score (nSPS) is 15.1. The molecule has 4 rings (SSSR count). The quantitative estimate of drug-likeness (QED) is 0.669. The Kier molecular flexibility index (Phi) is 5.21. The van der Waals surface area contributed by atoms with Gasteiger partial charge in [-0.1, -0.05) is 25.1 Å². The van der Waals surface area contributed by atoms with Gasteiger partial charge in [0.05, 0.1) is 6.54 Å². The molecule has 8 heteroatoms. The summed E-state index contributed by atoms with van der Waals surface area (Å²) in [4.78, 5) is 27.6. The highest BCUT2D eigenvalue weighted by atomic mass is 16.2. The Labute approximate surface area is 164 Å². The Morgan fingerprint density at radius 1 is 1.14 bits per heavy atom. The molecule has 0 spiro atoms. The average molecular weight is 379 g/mol. The van der Waals surface area contributed by atoms with Gasteiger partial charge in [0.15, 0.2) is 0 Å². The monoisotopic (exact) mass is 379 g/mol. The molecule has 0 saturated carbocycles. The van der Waals surface area contributed by atoms with Crippen LogP contribution in [0.25, 0.3) is 5.78 Å². The molecule has 0 radical (unpaired) electrons. The Balaban J connectivity index is 1.40. The first-order valence-electron chi connectivity index (χ1n) is 9.64. The molecule has 0 bridgehead atoms. The summed E-state index contributed by atoms with van der Waals surface area (Å²) >= 11 is 0. The largest absolute Gasteiger partial charge is 0.354 e. The van der Waals surface area contributed by atoms with E-state index >= 15 is 0 Å².